The molecule has 0 bridgehead atoms. The molecule has 1 aromatic heterocycles. The summed E-state index contributed by atoms with van der Waals surface area (Å²) in [6.45, 7) is 9.13. The zero-order valence-corrected chi connectivity index (χ0v) is 18.8. The first-order chi connectivity index (χ1) is 14.6. The van der Waals surface area contributed by atoms with Gasteiger partial charge in [0.2, 0.25) is 0 Å². The van der Waals surface area contributed by atoms with Crippen molar-refractivity contribution in [2.45, 2.75) is 58.1 Å². The van der Waals surface area contributed by atoms with Crippen LogP contribution >= 0.6 is 11.3 Å². The number of ether oxygens (including phenoxy) is 2. The van der Waals surface area contributed by atoms with Crippen LogP contribution in [0.25, 0.3) is 0 Å². The average Bonchev–Trinajstić information content (AvgIpc) is 3.41. The van der Waals surface area contributed by atoms with E-state index in [-0.39, 0.29) is 24.2 Å². The van der Waals surface area contributed by atoms with Gasteiger partial charge in [0.25, 0.3) is 5.91 Å². The zero-order chi connectivity index (χ0) is 20.9. The maximum Gasteiger partial charge on any atom is 0.254 e. The van der Waals surface area contributed by atoms with Crippen molar-refractivity contribution < 1.29 is 14.3 Å². The topological polar surface area (TPSA) is 42.0 Å². The van der Waals surface area contributed by atoms with Crippen molar-refractivity contribution in [3.05, 3.63) is 57.8 Å². The molecule has 2 fully saturated rings. The maximum atomic E-state index is 13.3. The fraction of sp³-hybridized carbons (Fsp3) is 0.542. The van der Waals surface area contributed by atoms with Gasteiger partial charge in [-0.3, -0.25) is 9.69 Å². The third-order valence-electron chi connectivity index (χ3n) is 5.76. The van der Waals surface area contributed by atoms with Gasteiger partial charge >= 0.3 is 0 Å². The number of amides is 1. The molecule has 0 saturated carbocycles. The molecule has 3 heterocycles. The third kappa shape index (κ3) is 5.70. The number of morpholine rings is 1. The summed E-state index contributed by atoms with van der Waals surface area (Å²) in [5.41, 5.74) is 1.98. The van der Waals surface area contributed by atoms with E-state index in [4.69, 9.17) is 9.47 Å². The highest BCUT2D eigenvalue weighted by molar-refractivity contribution is 7.09. The number of nitrogens with zero attached hydrogens (tertiary/aromatic N) is 2. The van der Waals surface area contributed by atoms with Crippen LogP contribution in [0.4, 0.5) is 0 Å². The van der Waals surface area contributed by atoms with Crippen LogP contribution < -0.4 is 0 Å². The van der Waals surface area contributed by atoms with E-state index < -0.39 is 0 Å². The number of hydrogen-bond acceptors (Lipinski definition) is 5. The summed E-state index contributed by atoms with van der Waals surface area (Å²) in [6, 6.07) is 12.3. The van der Waals surface area contributed by atoms with E-state index in [0.717, 1.165) is 44.6 Å². The maximum absolute atomic E-state index is 13.3. The second-order valence-corrected chi connectivity index (χ2v) is 9.58. The smallest absolute Gasteiger partial charge is 0.254 e. The predicted molar refractivity (Wildman–Crippen MR) is 120 cm³/mol. The molecule has 0 radical (unpaired) electrons. The predicted octanol–water partition coefficient (Wildman–Crippen LogP) is 4.18. The first-order valence-corrected chi connectivity index (χ1v) is 11.8. The Labute approximate surface area is 183 Å². The largest absolute Gasteiger partial charge is 0.376 e. The van der Waals surface area contributed by atoms with E-state index in [9.17, 15) is 4.79 Å². The minimum absolute atomic E-state index is 0.0825. The molecular formula is C24H32N2O3S. The molecule has 4 rings (SSSR count). The summed E-state index contributed by atoms with van der Waals surface area (Å²) >= 11 is 1.69. The summed E-state index contributed by atoms with van der Waals surface area (Å²) in [5, 5.41) is 2.06. The molecule has 0 spiro atoms. The molecular weight excluding hydrogens is 396 g/mol. The minimum Gasteiger partial charge on any atom is -0.376 e. The lowest BCUT2D eigenvalue weighted by Gasteiger charge is -2.35. The Bertz CT molecular complexity index is 792. The quantitative estimate of drug-likeness (QED) is 0.664. The van der Waals surface area contributed by atoms with E-state index in [0.29, 0.717) is 13.1 Å². The van der Waals surface area contributed by atoms with Crippen LogP contribution in [0, 0.1) is 0 Å². The summed E-state index contributed by atoms with van der Waals surface area (Å²) in [7, 11) is 0. The molecule has 0 N–H and O–H groups in total. The molecule has 1 aromatic carbocycles. The number of hydrogen-bond donors (Lipinski definition) is 0. The second kappa shape index (κ2) is 10.1. The van der Waals surface area contributed by atoms with Crippen molar-refractivity contribution in [2.24, 2.45) is 0 Å². The van der Waals surface area contributed by atoms with Crippen molar-refractivity contribution in [1.82, 2.24) is 9.80 Å². The van der Waals surface area contributed by atoms with Crippen molar-refractivity contribution >= 4 is 17.2 Å². The van der Waals surface area contributed by atoms with Gasteiger partial charge in [0, 0.05) is 43.2 Å². The van der Waals surface area contributed by atoms with Gasteiger partial charge in [-0.05, 0) is 55.8 Å². The van der Waals surface area contributed by atoms with Crippen molar-refractivity contribution in [3.8, 4) is 0 Å². The van der Waals surface area contributed by atoms with Gasteiger partial charge < -0.3 is 14.4 Å². The molecule has 162 valence electrons. The van der Waals surface area contributed by atoms with E-state index in [1.165, 1.54) is 10.4 Å². The molecule has 3 atom stereocenters. The Balaban J connectivity index is 1.41. The molecule has 2 aromatic rings. The van der Waals surface area contributed by atoms with Gasteiger partial charge in [-0.25, -0.2) is 0 Å². The fourth-order valence-electron chi connectivity index (χ4n) is 4.45. The minimum atomic E-state index is 0.0825. The second-order valence-electron chi connectivity index (χ2n) is 8.55. The summed E-state index contributed by atoms with van der Waals surface area (Å²) in [4.78, 5) is 18.9. The van der Waals surface area contributed by atoms with Crippen molar-refractivity contribution in [2.75, 3.05) is 26.2 Å². The summed E-state index contributed by atoms with van der Waals surface area (Å²) in [6.07, 6.45) is 2.79. The Morgan fingerprint density at radius 2 is 1.93 bits per heavy atom. The van der Waals surface area contributed by atoms with Gasteiger partial charge in [0.05, 0.1) is 24.9 Å². The first-order valence-electron chi connectivity index (χ1n) is 11.0. The molecule has 0 aliphatic carbocycles. The fourth-order valence-corrected chi connectivity index (χ4v) is 5.17. The van der Waals surface area contributed by atoms with Crippen molar-refractivity contribution in [3.63, 3.8) is 0 Å². The van der Waals surface area contributed by atoms with Crippen molar-refractivity contribution in [1.29, 1.82) is 0 Å². The van der Waals surface area contributed by atoms with Crippen LogP contribution in [0.1, 0.15) is 47.5 Å². The molecule has 30 heavy (non-hydrogen) atoms. The normalized spacial score (nSPS) is 24.8. The monoisotopic (exact) mass is 428 g/mol. The van der Waals surface area contributed by atoms with E-state index >= 15 is 0 Å². The highest BCUT2D eigenvalue weighted by atomic mass is 32.1. The van der Waals surface area contributed by atoms with Crippen LogP contribution in [0.3, 0.4) is 0 Å². The van der Waals surface area contributed by atoms with Gasteiger partial charge in [0.15, 0.2) is 0 Å². The lowest BCUT2D eigenvalue weighted by atomic mass is 10.1. The van der Waals surface area contributed by atoms with E-state index in [1.807, 2.05) is 23.1 Å². The Hall–Kier alpha value is -1.73. The standard InChI is InChI=1S/C24H32N2O3S/c1-18-13-25(14-19(2)29-18)15-20-7-9-21(10-8-20)24(27)26(16-22-5-3-11-28-22)17-23-6-4-12-30-23/h4,6-10,12,18-19,22H,3,5,11,13-17H2,1-2H3. The first kappa shape index (κ1) is 21.5. The van der Waals surface area contributed by atoms with Crippen LogP contribution in [-0.2, 0) is 22.6 Å². The number of rotatable bonds is 7. The zero-order valence-electron chi connectivity index (χ0n) is 18.0. The highest BCUT2D eigenvalue weighted by Crippen LogP contribution is 2.20. The SMILES string of the molecule is CC1CN(Cc2ccc(C(=O)N(Cc3cccs3)CC3CCCO3)cc2)CC(C)O1. The van der Waals surface area contributed by atoms with Crippen LogP contribution in [0.5, 0.6) is 0 Å². The van der Waals surface area contributed by atoms with Gasteiger partial charge in [-0.1, -0.05) is 18.2 Å². The lowest BCUT2D eigenvalue weighted by Crippen LogP contribution is -2.44. The Morgan fingerprint density at radius 1 is 1.17 bits per heavy atom. The molecule has 2 aliphatic heterocycles. The van der Waals surface area contributed by atoms with Gasteiger partial charge in [-0.15, -0.1) is 11.3 Å². The van der Waals surface area contributed by atoms with Crippen LogP contribution in [-0.4, -0.2) is 60.3 Å². The van der Waals surface area contributed by atoms with Crippen LogP contribution in [0.2, 0.25) is 0 Å². The Kier molecular flexibility index (Phi) is 7.20. The number of carbonyl (C=O) groups is 1. The molecule has 5 nitrogen and oxygen atoms in total. The molecule has 1 amide bonds. The Morgan fingerprint density at radius 3 is 2.57 bits per heavy atom. The molecule has 2 aliphatic rings. The van der Waals surface area contributed by atoms with E-state index in [1.54, 1.807) is 11.3 Å². The summed E-state index contributed by atoms with van der Waals surface area (Å²) < 4.78 is 11.6. The third-order valence-corrected chi connectivity index (χ3v) is 6.63. The van der Waals surface area contributed by atoms with Crippen LogP contribution in [0.15, 0.2) is 41.8 Å². The number of carbonyl (C=O) groups excluding carboxylic acids is 1. The lowest BCUT2D eigenvalue weighted by molar-refractivity contribution is -0.0704. The van der Waals surface area contributed by atoms with Gasteiger partial charge in [0.1, 0.15) is 0 Å². The number of thiophene rings is 1. The highest BCUT2D eigenvalue weighted by Gasteiger charge is 2.25. The van der Waals surface area contributed by atoms with Gasteiger partial charge in [-0.2, -0.15) is 0 Å². The average molecular weight is 429 g/mol. The summed E-state index contributed by atoms with van der Waals surface area (Å²) in [5.74, 6) is 0.0825. The van der Waals surface area contributed by atoms with E-state index in [2.05, 4.69) is 42.3 Å². The molecule has 2 saturated heterocycles. The molecule has 6 heteroatoms. The molecule has 3 unspecified atom stereocenters. The number of benzene rings is 1.